The van der Waals surface area contributed by atoms with Gasteiger partial charge in [-0.15, -0.1) is 0 Å². The van der Waals surface area contributed by atoms with Crippen LogP contribution >= 0.6 is 0 Å². The van der Waals surface area contributed by atoms with Crippen LogP contribution in [0.1, 0.15) is 21.5 Å². The molecule has 0 aliphatic carbocycles. The van der Waals surface area contributed by atoms with Crippen LogP contribution in [0.5, 0.6) is 17.2 Å². The number of nitrogens with two attached hydrogens (primary N) is 1. The van der Waals surface area contributed by atoms with Gasteiger partial charge >= 0.3 is 0 Å². The van der Waals surface area contributed by atoms with Gasteiger partial charge in [0.05, 0.1) is 12.7 Å². The van der Waals surface area contributed by atoms with E-state index in [0.717, 1.165) is 16.9 Å². The smallest absolute Gasteiger partial charge is 0.252 e. The van der Waals surface area contributed by atoms with E-state index in [1.54, 1.807) is 18.2 Å². The number of ether oxygens (including phenoxy) is 3. The highest BCUT2D eigenvalue weighted by Crippen LogP contribution is 2.30. The van der Waals surface area contributed by atoms with Gasteiger partial charge in [-0.2, -0.15) is 0 Å². The van der Waals surface area contributed by atoms with Crippen LogP contribution in [0.4, 0.5) is 0 Å². The lowest BCUT2D eigenvalue weighted by molar-refractivity contribution is 0.0994. The number of rotatable bonds is 7. The first-order valence-corrected chi connectivity index (χ1v) is 7.32. The van der Waals surface area contributed by atoms with Gasteiger partial charge in [0.25, 0.3) is 5.91 Å². The van der Waals surface area contributed by atoms with E-state index in [1.165, 1.54) is 7.11 Å². The molecule has 23 heavy (non-hydrogen) atoms. The van der Waals surface area contributed by atoms with Crippen molar-refractivity contribution in [3.63, 3.8) is 0 Å². The minimum absolute atomic E-state index is 0.271. The summed E-state index contributed by atoms with van der Waals surface area (Å²) < 4.78 is 16.5. The molecule has 0 aromatic heterocycles. The number of amides is 1. The molecule has 2 aromatic carbocycles. The molecule has 122 valence electrons. The van der Waals surface area contributed by atoms with Crippen LogP contribution < -0.4 is 19.9 Å². The molecule has 0 aliphatic rings. The van der Waals surface area contributed by atoms with Gasteiger partial charge in [-0.05, 0) is 49.2 Å². The van der Waals surface area contributed by atoms with Crippen molar-refractivity contribution >= 4 is 5.91 Å². The molecule has 2 N–H and O–H groups in total. The van der Waals surface area contributed by atoms with Crippen LogP contribution in [0, 0.1) is 13.8 Å². The molecular weight excluding hydrogens is 294 g/mol. The zero-order valence-electron chi connectivity index (χ0n) is 13.6. The molecule has 0 saturated carbocycles. The Morgan fingerprint density at radius 3 is 2.30 bits per heavy atom. The number of aryl methyl sites for hydroxylation is 2. The SMILES string of the molecule is COc1cccc(C(N)=O)c1OCCOc1cc(C)cc(C)c1. The Morgan fingerprint density at radius 1 is 1.04 bits per heavy atom. The lowest BCUT2D eigenvalue weighted by Gasteiger charge is -2.14. The Morgan fingerprint density at radius 2 is 1.70 bits per heavy atom. The summed E-state index contributed by atoms with van der Waals surface area (Å²) in [5.74, 6) is 1.04. The highest BCUT2D eigenvalue weighted by molar-refractivity contribution is 5.96. The van der Waals surface area contributed by atoms with Crippen molar-refractivity contribution in [2.45, 2.75) is 13.8 Å². The molecule has 0 fully saturated rings. The molecule has 0 heterocycles. The van der Waals surface area contributed by atoms with Gasteiger partial charge in [0, 0.05) is 0 Å². The summed E-state index contributed by atoms with van der Waals surface area (Å²) in [6, 6.07) is 11.0. The van der Waals surface area contributed by atoms with Gasteiger partial charge in [0.2, 0.25) is 0 Å². The van der Waals surface area contributed by atoms with E-state index >= 15 is 0 Å². The fourth-order valence-corrected chi connectivity index (χ4v) is 2.34. The van der Waals surface area contributed by atoms with Crippen LogP contribution in [-0.2, 0) is 0 Å². The Labute approximate surface area is 136 Å². The number of para-hydroxylation sites is 1. The van der Waals surface area contributed by atoms with Crippen LogP contribution in [0.3, 0.4) is 0 Å². The first-order valence-electron chi connectivity index (χ1n) is 7.32. The average Bonchev–Trinajstić information content (AvgIpc) is 2.50. The van der Waals surface area contributed by atoms with E-state index in [4.69, 9.17) is 19.9 Å². The first-order chi connectivity index (χ1) is 11.0. The molecule has 5 heteroatoms. The number of carbonyl (C=O) groups is 1. The number of methoxy groups -OCH3 is 1. The molecule has 0 atom stereocenters. The normalized spacial score (nSPS) is 10.2. The maximum Gasteiger partial charge on any atom is 0.252 e. The number of hydrogen-bond donors (Lipinski definition) is 1. The largest absolute Gasteiger partial charge is 0.493 e. The zero-order valence-corrected chi connectivity index (χ0v) is 13.6. The van der Waals surface area contributed by atoms with E-state index in [9.17, 15) is 4.79 Å². The van der Waals surface area contributed by atoms with Crippen LogP contribution in [0.2, 0.25) is 0 Å². The quantitative estimate of drug-likeness (QED) is 0.798. The van der Waals surface area contributed by atoms with Crippen molar-refractivity contribution in [2.24, 2.45) is 5.73 Å². The number of primary amides is 1. The van der Waals surface area contributed by atoms with Gasteiger partial charge in [0.15, 0.2) is 11.5 Å². The molecule has 0 spiro atoms. The predicted molar refractivity (Wildman–Crippen MR) is 88.4 cm³/mol. The maximum atomic E-state index is 11.5. The highest BCUT2D eigenvalue weighted by atomic mass is 16.5. The molecule has 2 aromatic rings. The number of benzene rings is 2. The van der Waals surface area contributed by atoms with Crippen molar-refractivity contribution in [3.05, 3.63) is 53.1 Å². The number of hydrogen-bond acceptors (Lipinski definition) is 4. The van der Waals surface area contributed by atoms with E-state index in [-0.39, 0.29) is 12.2 Å². The summed E-state index contributed by atoms with van der Waals surface area (Å²) in [6.07, 6.45) is 0. The van der Waals surface area contributed by atoms with Gasteiger partial charge in [-0.3, -0.25) is 4.79 Å². The van der Waals surface area contributed by atoms with Gasteiger partial charge < -0.3 is 19.9 Å². The highest BCUT2D eigenvalue weighted by Gasteiger charge is 2.14. The summed E-state index contributed by atoms with van der Waals surface area (Å²) in [4.78, 5) is 11.5. The van der Waals surface area contributed by atoms with Crippen molar-refractivity contribution in [2.75, 3.05) is 20.3 Å². The molecule has 5 nitrogen and oxygen atoms in total. The van der Waals surface area contributed by atoms with Crippen LogP contribution in [-0.4, -0.2) is 26.2 Å². The molecule has 0 radical (unpaired) electrons. The molecule has 2 rings (SSSR count). The Balaban J connectivity index is 2.00. The molecular formula is C18H21NO4. The third-order valence-electron chi connectivity index (χ3n) is 3.26. The average molecular weight is 315 g/mol. The van der Waals surface area contributed by atoms with E-state index in [2.05, 4.69) is 6.07 Å². The minimum Gasteiger partial charge on any atom is -0.493 e. The second-order valence-corrected chi connectivity index (χ2v) is 5.22. The third-order valence-corrected chi connectivity index (χ3v) is 3.26. The molecule has 1 amide bonds. The number of carbonyl (C=O) groups excluding carboxylic acids is 1. The van der Waals surface area contributed by atoms with E-state index < -0.39 is 5.91 Å². The fraction of sp³-hybridized carbons (Fsp3) is 0.278. The predicted octanol–water partition coefficient (Wildman–Crippen LogP) is 2.87. The summed E-state index contributed by atoms with van der Waals surface area (Å²) in [5.41, 5.74) is 7.93. The van der Waals surface area contributed by atoms with E-state index in [0.29, 0.717) is 18.1 Å². The lowest BCUT2D eigenvalue weighted by atomic mass is 10.1. The van der Waals surface area contributed by atoms with Gasteiger partial charge in [-0.1, -0.05) is 12.1 Å². The molecule has 0 saturated heterocycles. The van der Waals surface area contributed by atoms with E-state index in [1.807, 2.05) is 26.0 Å². The summed E-state index contributed by atoms with van der Waals surface area (Å²) >= 11 is 0. The Kier molecular flexibility index (Phi) is 5.46. The van der Waals surface area contributed by atoms with Crippen molar-refractivity contribution in [1.29, 1.82) is 0 Å². The monoisotopic (exact) mass is 315 g/mol. The van der Waals surface area contributed by atoms with Crippen LogP contribution in [0.15, 0.2) is 36.4 Å². The van der Waals surface area contributed by atoms with Crippen LogP contribution in [0.25, 0.3) is 0 Å². The lowest BCUT2D eigenvalue weighted by Crippen LogP contribution is -2.16. The van der Waals surface area contributed by atoms with Gasteiger partial charge in [0.1, 0.15) is 19.0 Å². The second-order valence-electron chi connectivity index (χ2n) is 5.22. The summed E-state index contributed by atoms with van der Waals surface area (Å²) in [6.45, 7) is 4.65. The summed E-state index contributed by atoms with van der Waals surface area (Å²) in [5, 5.41) is 0. The zero-order chi connectivity index (χ0) is 16.8. The standard InChI is InChI=1S/C18H21NO4/c1-12-9-13(2)11-14(10-12)22-7-8-23-17-15(18(19)20)5-4-6-16(17)21-3/h4-6,9-11H,7-8H2,1-3H3,(H2,19,20). The molecule has 0 aliphatic heterocycles. The Bertz CT molecular complexity index is 677. The van der Waals surface area contributed by atoms with Crippen molar-refractivity contribution < 1.29 is 19.0 Å². The van der Waals surface area contributed by atoms with Crippen molar-refractivity contribution in [1.82, 2.24) is 0 Å². The molecule has 0 unspecified atom stereocenters. The van der Waals surface area contributed by atoms with Crippen molar-refractivity contribution in [3.8, 4) is 17.2 Å². The summed E-state index contributed by atoms with van der Waals surface area (Å²) in [7, 11) is 1.51. The first kappa shape index (κ1) is 16.7. The topological polar surface area (TPSA) is 70.8 Å². The second kappa shape index (κ2) is 7.54. The minimum atomic E-state index is -0.561. The fourth-order valence-electron chi connectivity index (χ4n) is 2.34. The Hall–Kier alpha value is -2.69. The third kappa shape index (κ3) is 4.39. The maximum absolute atomic E-state index is 11.5. The molecule has 0 bridgehead atoms. The van der Waals surface area contributed by atoms with Gasteiger partial charge in [-0.25, -0.2) is 0 Å².